The van der Waals surface area contributed by atoms with Crippen LogP contribution in [0.2, 0.25) is 0 Å². The number of nitrogens with one attached hydrogen (secondary N) is 1. The molecule has 6 heteroatoms. The van der Waals surface area contributed by atoms with E-state index in [1.165, 1.54) is 6.20 Å². The van der Waals surface area contributed by atoms with E-state index < -0.39 is 0 Å². The van der Waals surface area contributed by atoms with Crippen molar-refractivity contribution in [2.45, 2.75) is 6.92 Å². The first-order chi connectivity index (χ1) is 10.2. The molecule has 0 aliphatic heterocycles. The molecule has 112 valence electrons. The van der Waals surface area contributed by atoms with E-state index in [-0.39, 0.29) is 5.91 Å². The summed E-state index contributed by atoms with van der Waals surface area (Å²) in [6, 6.07) is 7.39. The van der Waals surface area contributed by atoms with Crippen molar-refractivity contribution in [2.75, 3.05) is 19.8 Å². The molecule has 1 heterocycles. The molecule has 0 spiro atoms. The SMILES string of the molecule is CCOc1ccc(OCCNC(=O)c2cnn(C)c2)cc1. The smallest absolute Gasteiger partial charge is 0.254 e. The molecule has 1 aromatic heterocycles. The molecule has 1 N–H and O–H groups in total. The van der Waals surface area contributed by atoms with Gasteiger partial charge in [0, 0.05) is 13.2 Å². The van der Waals surface area contributed by atoms with Crippen molar-refractivity contribution in [3.05, 3.63) is 42.2 Å². The number of amides is 1. The van der Waals surface area contributed by atoms with Crippen molar-refractivity contribution in [3.63, 3.8) is 0 Å². The monoisotopic (exact) mass is 289 g/mol. The van der Waals surface area contributed by atoms with Crippen molar-refractivity contribution in [1.82, 2.24) is 15.1 Å². The van der Waals surface area contributed by atoms with E-state index >= 15 is 0 Å². The lowest BCUT2D eigenvalue weighted by molar-refractivity contribution is 0.0947. The second-order valence-electron chi connectivity index (χ2n) is 4.41. The highest BCUT2D eigenvalue weighted by atomic mass is 16.5. The van der Waals surface area contributed by atoms with Gasteiger partial charge in [-0.05, 0) is 31.2 Å². The van der Waals surface area contributed by atoms with Crippen LogP contribution >= 0.6 is 0 Å². The summed E-state index contributed by atoms with van der Waals surface area (Å²) in [7, 11) is 1.77. The van der Waals surface area contributed by atoms with Crippen LogP contribution in [-0.4, -0.2) is 35.4 Å². The molecular weight excluding hydrogens is 270 g/mol. The summed E-state index contributed by atoms with van der Waals surface area (Å²) in [5.41, 5.74) is 0.540. The van der Waals surface area contributed by atoms with E-state index in [2.05, 4.69) is 10.4 Å². The Morgan fingerprint density at radius 2 is 1.90 bits per heavy atom. The van der Waals surface area contributed by atoms with Crippen molar-refractivity contribution < 1.29 is 14.3 Å². The van der Waals surface area contributed by atoms with Crippen LogP contribution in [0.1, 0.15) is 17.3 Å². The third-order valence-corrected chi connectivity index (χ3v) is 2.76. The van der Waals surface area contributed by atoms with Gasteiger partial charge in [0.05, 0.1) is 24.9 Å². The third kappa shape index (κ3) is 4.52. The molecule has 0 aliphatic rings. The predicted octanol–water partition coefficient (Wildman–Crippen LogP) is 1.63. The number of ether oxygens (including phenoxy) is 2. The fourth-order valence-electron chi connectivity index (χ4n) is 1.77. The first kappa shape index (κ1) is 14.9. The Balaban J connectivity index is 1.70. The molecule has 0 atom stereocenters. The predicted molar refractivity (Wildman–Crippen MR) is 78.6 cm³/mol. The van der Waals surface area contributed by atoms with Crippen LogP contribution in [-0.2, 0) is 7.05 Å². The van der Waals surface area contributed by atoms with Crippen LogP contribution in [0, 0.1) is 0 Å². The fourth-order valence-corrected chi connectivity index (χ4v) is 1.77. The molecule has 0 aliphatic carbocycles. The number of nitrogens with zero attached hydrogens (tertiary/aromatic N) is 2. The summed E-state index contributed by atoms with van der Waals surface area (Å²) < 4.78 is 12.5. The Kier molecular flexibility index (Phi) is 5.20. The van der Waals surface area contributed by atoms with Gasteiger partial charge in [-0.25, -0.2) is 0 Å². The van der Waals surface area contributed by atoms with Crippen LogP contribution in [0.5, 0.6) is 11.5 Å². The van der Waals surface area contributed by atoms with Crippen LogP contribution in [0.15, 0.2) is 36.7 Å². The minimum absolute atomic E-state index is 0.154. The normalized spacial score (nSPS) is 10.2. The van der Waals surface area contributed by atoms with E-state index in [0.29, 0.717) is 25.3 Å². The number of hydrogen-bond donors (Lipinski definition) is 1. The first-order valence-corrected chi connectivity index (χ1v) is 6.81. The van der Waals surface area contributed by atoms with E-state index in [9.17, 15) is 4.79 Å². The molecule has 0 radical (unpaired) electrons. The molecule has 2 aromatic rings. The van der Waals surface area contributed by atoms with Gasteiger partial charge in [-0.2, -0.15) is 5.10 Å². The highest BCUT2D eigenvalue weighted by molar-refractivity contribution is 5.93. The number of aromatic nitrogens is 2. The standard InChI is InChI=1S/C15H19N3O3/c1-3-20-13-4-6-14(7-5-13)21-9-8-16-15(19)12-10-17-18(2)11-12/h4-7,10-11H,3,8-9H2,1-2H3,(H,16,19). The summed E-state index contributed by atoms with van der Waals surface area (Å²) in [4.78, 5) is 11.7. The Morgan fingerprint density at radius 3 is 2.48 bits per heavy atom. The molecule has 21 heavy (non-hydrogen) atoms. The van der Waals surface area contributed by atoms with Gasteiger partial charge >= 0.3 is 0 Å². The third-order valence-electron chi connectivity index (χ3n) is 2.76. The largest absolute Gasteiger partial charge is 0.494 e. The van der Waals surface area contributed by atoms with Crippen molar-refractivity contribution >= 4 is 5.91 Å². The van der Waals surface area contributed by atoms with Gasteiger partial charge in [-0.15, -0.1) is 0 Å². The van der Waals surface area contributed by atoms with Crippen LogP contribution in [0.25, 0.3) is 0 Å². The number of carbonyl (C=O) groups excluding carboxylic acids is 1. The van der Waals surface area contributed by atoms with Crippen LogP contribution < -0.4 is 14.8 Å². The molecule has 0 fully saturated rings. The average molecular weight is 289 g/mol. The summed E-state index contributed by atoms with van der Waals surface area (Å²) in [6.45, 7) is 3.41. The zero-order valence-corrected chi connectivity index (χ0v) is 12.2. The van der Waals surface area contributed by atoms with Crippen molar-refractivity contribution in [3.8, 4) is 11.5 Å². The zero-order chi connectivity index (χ0) is 15.1. The molecule has 6 nitrogen and oxygen atoms in total. The molecule has 1 amide bonds. The second kappa shape index (κ2) is 7.33. The first-order valence-electron chi connectivity index (χ1n) is 6.81. The van der Waals surface area contributed by atoms with Gasteiger partial charge in [0.2, 0.25) is 0 Å². The maximum absolute atomic E-state index is 11.7. The van der Waals surface area contributed by atoms with Gasteiger partial charge in [-0.3, -0.25) is 9.48 Å². The van der Waals surface area contributed by atoms with E-state index in [0.717, 1.165) is 11.5 Å². The highest BCUT2D eigenvalue weighted by Gasteiger charge is 2.06. The van der Waals surface area contributed by atoms with Crippen molar-refractivity contribution in [1.29, 1.82) is 0 Å². The molecule has 1 aromatic carbocycles. The van der Waals surface area contributed by atoms with Gasteiger partial charge in [0.15, 0.2) is 0 Å². The average Bonchev–Trinajstić information content (AvgIpc) is 2.92. The number of rotatable bonds is 7. The van der Waals surface area contributed by atoms with Gasteiger partial charge in [-0.1, -0.05) is 0 Å². The van der Waals surface area contributed by atoms with E-state index in [1.54, 1.807) is 17.9 Å². The molecular formula is C15H19N3O3. The molecule has 0 saturated heterocycles. The topological polar surface area (TPSA) is 65.4 Å². The summed E-state index contributed by atoms with van der Waals surface area (Å²) in [5.74, 6) is 1.40. The summed E-state index contributed by atoms with van der Waals surface area (Å²) in [6.07, 6.45) is 3.20. The maximum atomic E-state index is 11.7. The Hall–Kier alpha value is -2.50. The quantitative estimate of drug-likeness (QED) is 0.787. The minimum Gasteiger partial charge on any atom is -0.494 e. The fraction of sp³-hybridized carbons (Fsp3) is 0.333. The minimum atomic E-state index is -0.154. The van der Waals surface area contributed by atoms with Gasteiger partial charge in [0.1, 0.15) is 18.1 Å². The number of benzene rings is 1. The Morgan fingerprint density at radius 1 is 1.24 bits per heavy atom. The second-order valence-corrected chi connectivity index (χ2v) is 4.41. The van der Waals surface area contributed by atoms with Crippen molar-refractivity contribution in [2.24, 2.45) is 7.05 Å². The maximum Gasteiger partial charge on any atom is 0.254 e. The van der Waals surface area contributed by atoms with Gasteiger partial charge < -0.3 is 14.8 Å². The lowest BCUT2D eigenvalue weighted by atomic mass is 10.3. The molecule has 0 unspecified atom stereocenters. The highest BCUT2D eigenvalue weighted by Crippen LogP contribution is 2.17. The summed E-state index contributed by atoms with van der Waals surface area (Å²) in [5, 5.41) is 6.72. The number of carbonyl (C=O) groups is 1. The Bertz CT molecular complexity index is 578. The molecule has 0 bridgehead atoms. The summed E-state index contributed by atoms with van der Waals surface area (Å²) >= 11 is 0. The number of aryl methyl sites for hydroxylation is 1. The lowest BCUT2D eigenvalue weighted by Gasteiger charge is -2.08. The zero-order valence-electron chi connectivity index (χ0n) is 12.2. The van der Waals surface area contributed by atoms with Crippen LogP contribution in [0.4, 0.5) is 0 Å². The molecule has 0 saturated carbocycles. The van der Waals surface area contributed by atoms with E-state index in [4.69, 9.17) is 9.47 Å². The molecule has 2 rings (SSSR count). The van der Waals surface area contributed by atoms with E-state index in [1.807, 2.05) is 31.2 Å². The lowest BCUT2D eigenvalue weighted by Crippen LogP contribution is -2.27. The number of hydrogen-bond acceptors (Lipinski definition) is 4. The van der Waals surface area contributed by atoms with Crippen LogP contribution in [0.3, 0.4) is 0 Å². The Labute approximate surface area is 123 Å². The van der Waals surface area contributed by atoms with Gasteiger partial charge in [0.25, 0.3) is 5.91 Å².